The maximum Gasteiger partial charge on any atom is 0.497 e. The van der Waals surface area contributed by atoms with Gasteiger partial charge in [0.25, 0.3) is 5.91 Å². The van der Waals surface area contributed by atoms with Crippen LogP contribution in [0.4, 0.5) is 8.78 Å². The second kappa shape index (κ2) is 5.81. The molecule has 1 N–H and O–H groups in total. The number of hydrogen-bond acceptors (Lipinski definition) is 3. The Morgan fingerprint density at radius 3 is 2.00 bits per heavy atom. The normalized spacial score (nSPS) is 19.5. The molecule has 0 unspecified atom stereocenters. The van der Waals surface area contributed by atoms with Gasteiger partial charge in [0.2, 0.25) is 0 Å². The summed E-state index contributed by atoms with van der Waals surface area (Å²) in [6.45, 7) is 12.7. The van der Waals surface area contributed by atoms with Crippen molar-refractivity contribution in [2.24, 2.45) is 0 Å². The molecule has 0 bridgehead atoms. The average molecular weight is 339 g/mol. The zero-order valence-corrected chi connectivity index (χ0v) is 15.2. The van der Waals surface area contributed by atoms with Crippen LogP contribution in [0.2, 0.25) is 0 Å². The van der Waals surface area contributed by atoms with Crippen molar-refractivity contribution in [2.45, 2.75) is 65.2 Å². The summed E-state index contributed by atoms with van der Waals surface area (Å²) in [5.41, 5.74) is -2.09. The topological polar surface area (TPSA) is 47.6 Å². The van der Waals surface area contributed by atoms with E-state index < -0.39 is 41.4 Å². The van der Waals surface area contributed by atoms with E-state index in [1.807, 2.05) is 27.7 Å². The minimum Gasteiger partial charge on any atom is -0.399 e. The highest BCUT2D eigenvalue weighted by molar-refractivity contribution is 6.62. The van der Waals surface area contributed by atoms with Gasteiger partial charge in [0, 0.05) is 17.1 Å². The van der Waals surface area contributed by atoms with E-state index in [0.717, 1.165) is 6.07 Å². The Morgan fingerprint density at radius 1 is 1.04 bits per heavy atom. The van der Waals surface area contributed by atoms with Crippen molar-refractivity contribution < 1.29 is 22.9 Å². The molecule has 0 saturated carbocycles. The standard InChI is InChI=1S/C17H24BF2NO3/c1-15(2,3)21-14(22)10-8-11(13(20)9-12(10)19)18-23-16(4,5)17(6,7)24-18/h8-9H,1-7H3,(H,21,22). The first-order valence-electron chi connectivity index (χ1n) is 7.91. The summed E-state index contributed by atoms with van der Waals surface area (Å²) >= 11 is 0. The summed E-state index contributed by atoms with van der Waals surface area (Å²) < 4.78 is 39.9. The molecule has 1 heterocycles. The average Bonchev–Trinajstić information content (AvgIpc) is 2.55. The van der Waals surface area contributed by atoms with Crippen LogP contribution in [0.1, 0.15) is 58.8 Å². The van der Waals surface area contributed by atoms with Crippen molar-refractivity contribution in [1.29, 1.82) is 0 Å². The Balaban J connectivity index is 2.40. The second-order valence-electron chi connectivity index (χ2n) is 8.15. The van der Waals surface area contributed by atoms with Crippen molar-refractivity contribution in [3.63, 3.8) is 0 Å². The monoisotopic (exact) mass is 339 g/mol. The fourth-order valence-corrected chi connectivity index (χ4v) is 2.30. The molecule has 1 fully saturated rings. The Labute approximate surface area is 142 Å². The van der Waals surface area contributed by atoms with Gasteiger partial charge in [-0.25, -0.2) is 8.78 Å². The lowest BCUT2D eigenvalue weighted by Gasteiger charge is -2.32. The van der Waals surface area contributed by atoms with Crippen LogP contribution in [-0.2, 0) is 9.31 Å². The summed E-state index contributed by atoms with van der Waals surface area (Å²) in [6, 6.07) is 1.85. The number of amides is 1. The number of benzene rings is 1. The van der Waals surface area contributed by atoms with Crippen molar-refractivity contribution >= 4 is 18.5 Å². The van der Waals surface area contributed by atoms with E-state index in [1.165, 1.54) is 0 Å². The molecule has 1 aromatic carbocycles. The molecule has 1 saturated heterocycles. The molecular weight excluding hydrogens is 315 g/mol. The van der Waals surface area contributed by atoms with E-state index in [2.05, 4.69) is 5.32 Å². The van der Waals surface area contributed by atoms with Crippen LogP contribution < -0.4 is 10.8 Å². The SMILES string of the molecule is CC(C)(C)NC(=O)c1cc(B2OC(C)(C)C(C)(C)O2)c(F)cc1F. The third kappa shape index (κ3) is 3.62. The highest BCUT2D eigenvalue weighted by atomic mass is 19.1. The number of halogens is 2. The Kier molecular flexibility index (Phi) is 4.57. The third-order valence-electron chi connectivity index (χ3n) is 4.33. The van der Waals surface area contributed by atoms with Crippen molar-refractivity contribution in [3.8, 4) is 0 Å². The molecule has 24 heavy (non-hydrogen) atoms. The van der Waals surface area contributed by atoms with Gasteiger partial charge in [-0.1, -0.05) is 0 Å². The first-order chi connectivity index (χ1) is 10.7. The Morgan fingerprint density at radius 2 is 1.54 bits per heavy atom. The molecule has 4 nitrogen and oxygen atoms in total. The quantitative estimate of drug-likeness (QED) is 0.843. The fourth-order valence-electron chi connectivity index (χ4n) is 2.30. The zero-order valence-electron chi connectivity index (χ0n) is 15.2. The van der Waals surface area contributed by atoms with Gasteiger partial charge in [-0.2, -0.15) is 0 Å². The van der Waals surface area contributed by atoms with E-state index in [9.17, 15) is 13.6 Å². The van der Waals surface area contributed by atoms with E-state index in [4.69, 9.17) is 9.31 Å². The summed E-state index contributed by atoms with van der Waals surface area (Å²) in [6.07, 6.45) is 0. The lowest BCUT2D eigenvalue weighted by Crippen LogP contribution is -2.42. The second-order valence-corrected chi connectivity index (χ2v) is 8.15. The minimum atomic E-state index is -1.00. The first-order valence-corrected chi connectivity index (χ1v) is 7.91. The predicted molar refractivity (Wildman–Crippen MR) is 89.3 cm³/mol. The largest absolute Gasteiger partial charge is 0.497 e. The molecule has 1 aliphatic heterocycles. The summed E-state index contributed by atoms with van der Waals surface area (Å²) in [4.78, 5) is 12.3. The van der Waals surface area contributed by atoms with Crippen LogP contribution in [0.25, 0.3) is 0 Å². The molecule has 132 valence electrons. The summed E-state index contributed by atoms with van der Waals surface area (Å²) in [5, 5.41) is 2.66. The molecule has 0 aromatic heterocycles. The van der Waals surface area contributed by atoms with E-state index in [-0.39, 0.29) is 11.0 Å². The molecule has 1 aromatic rings. The van der Waals surface area contributed by atoms with Gasteiger partial charge in [0.05, 0.1) is 16.8 Å². The van der Waals surface area contributed by atoms with Gasteiger partial charge in [0.15, 0.2) is 0 Å². The highest BCUT2D eigenvalue weighted by Crippen LogP contribution is 2.36. The van der Waals surface area contributed by atoms with Crippen molar-refractivity contribution in [3.05, 3.63) is 29.3 Å². The van der Waals surface area contributed by atoms with E-state index >= 15 is 0 Å². The number of rotatable bonds is 2. The fraction of sp³-hybridized carbons (Fsp3) is 0.588. The molecule has 0 aliphatic carbocycles. The Bertz CT molecular complexity index is 653. The Hall–Kier alpha value is -1.47. The maximum atomic E-state index is 14.3. The van der Waals surface area contributed by atoms with Crippen LogP contribution in [0.15, 0.2) is 12.1 Å². The number of carbonyl (C=O) groups is 1. The molecule has 0 spiro atoms. The van der Waals surface area contributed by atoms with Crippen LogP contribution in [0.5, 0.6) is 0 Å². The lowest BCUT2D eigenvalue weighted by molar-refractivity contribution is 0.00578. The molecule has 0 atom stereocenters. The van der Waals surface area contributed by atoms with E-state index in [1.54, 1.807) is 20.8 Å². The van der Waals surface area contributed by atoms with Crippen LogP contribution in [-0.4, -0.2) is 29.8 Å². The predicted octanol–water partition coefficient (Wildman–Crippen LogP) is 2.79. The molecule has 1 amide bonds. The third-order valence-corrected chi connectivity index (χ3v) is 4.33. The molecule has 1 aliphatic rings. The summed E-state index contributed by atoms with van der Waals surface area (Å²) in [7, 11) is -1.00. The number of carbonyl (C=O) groups excluding carboxylic acids is 1. The molecule has 0 radical (unpaired) electrons. The minimum absolute atomic E-state index is 0.00843. The van der Waals surface area contributed by atoms with E-state index in [0.29, 0.717) is 6.07 Å². The van der Waals surface area contributed by atoms with Crippen LogP contribution >= 0.6 is 0 Å². The van der Waals surface area contributed by atoms with Gasteiger partial charge in [-0.15, -0.1) is 0 Å². The smallest absolute Gasteiger partial charge is 0.399 e. The summed E-state index contributed by atoms with van der Waals surface area (Å²) in [5.74, 6) is -2.34. The molecular formula is C17H24BF2NO3. The van der Waals surface area contributed by atoms with Crippen LogP contribution in [0.3, 0.4) is 0 Å². The van der Waals surface area contributed by atoms with Gasteiger partial charge in [-0.3, -0.25) is 4.79 Å². The van der Waals surface area contributed by atoms with Gasteiger partial charge in [0.1, 0.15) is 11.6 Å². The van der Waals surface area contributed by atoms with Crippen molar-refractivity contribution in [1.82, 2.24) is 5.32 Å². The van der Waals surface area contributed by atoms with Crippen LogP contribution in [0, 0.1) is 11.6 Å². The molecule has 7 heteroatoms. The first kappa shape index (κ1) is 18.9. The molecule has 2 rings (SSSR count). The number of nitrogens with one attached hydrogen (secondary N) is 1. The van der Waals surface area contributed by atoms with Crippen molar-refractivity contribution in [2.75, 3.05) is 0 Å². The van der Waals surface area contributed by atoms with Gasteiger partial charge >= 0.3 is 7.12 Å². The highest BCUT2D eigenvalue weighted by Gasteiger charge is 2.52. The lowest BCUT2D eigenvalue weighted by atomic mass is 9.77. The number of hydrogen-bond donors (Lipinski definition) is 1. The van der Waals surface area contributed by atoms with Gasteiger partial charge < -0.3 is 14.6 Å². The van der Waals surface area contributed by atoms with Gasteiger partial charge in [-0.05, 0) is 54.5 Å². The zero-order chi connectivity index (χ0) is 18.5. The maximum absolute atomic E-state index is 14.3.